The summed E-state index contributed by atoms with van der Waals surface area (Å²) in [6.45, 7) is 8.67. The Kier molecular flexibility index (Phi) is 7.73. The first-order valence-corrected chi connectivity index (χ1v) is 9.30. The predicted octanol–water partition coefficient (Wildman–Crippen LogP) is 2.75. The summed E-state index contributed by atoms with van der Waals surface area (Å²) in [6, 6.07) is 10.5. The number of likely N-dealkylation sites (tertiary alicyclic amines) is 1. The van der Waals surface area contributed by atoms with Gasteiger partial charge in [-0.3, -0.25) is 9.69 Å². The van der Waals surface area contributed by atoms with Crippen LogP contribution in [0.25, 0.3) is 0 Å². The van der Waals surface area contributed by atoms with E-state index >= 15 is 0 Å². The molecule has 0 radical (unpaired) electrons. The zero-order chi connectivity index (χ0) is 17.4. The molecule has 1 aromatic rings. The molecular weight excluding hydrogens is 298 g/mol. The van der Waals surface area contributed by atoms with Gasteiger partial charge < -0.3 is 10.2 Å². The van der Waals surface area contributed by atoms with Crippen LogP contribution in [0.3, 0.4) is 0 Å². The van der Waals surface area contributed by atoms with Gasteiger partial charge >= 0.3 is 0 Å². The third-order valence-electron chi connectivity index (χ3n) is 5.01. The summed E-state index contributed by atoms with van der Waals surface area (Å²) in [5.41, 5.74) is 1.20. The van der Waals surface area contributed by atoms with Gasteiger partial charge in [0.2, 0.25) is 5.91 Å². The molecule has 1 saturated heterocycles. The van der Waals surface area contributed by atoms with Gasteiger partial charge in [0.05, 0.1) is 6.54 Å². The van der Waals surface area contributed by atoms with Crippen molar-refractivity contribution < 1.29 is 4.79 Å². The van der Waals surface area contributed by atoms with Crippen molar-refractivity contribution in [1.82, 2.24) is 15.1 Å². The number of hydrogen-bond acceptors (Lipinski definition) is 3. The second kappa shape index (κ2) is 9.80. The van der Waals surface area contributed by atoms with Crippen molar-refractivity contribution >= 4 is 5.91 Å². The minimum atomic E-state index is 0.228. The highest BCUT2D eigenvalue weighted by molar-refractivity contribution is 5.78. The van der Waals surface area contributed by atoms with Gasteiger partial charge in [0.15, 0.2) is 0 Å². The van der Waals surface area contributed by atoms with Crippen LogP contribution in [0.4, 0.5) is 0 Å². The molecule has 1 amide bonds. The van der Waals surface area contributed by atoms with Gasteiger partial charge in [0.25, 0.3) is 0 Å². The number of benzene rings is 1. The molecule has 0 saturated carbocycles. The van der Waals surface area contributed by atoms with Gasteiger partial charge in [-0.05, 0) is 71.3 Å². The first kappa shape index (κ1) is 18.9. The molecule has 1 heterocycles. The molecular formula is C20H33N3O. The Morgan fingerprint density at radius 1 is 1.25 bits per heavy atom. The lowest BCUT2D eigenvalue weighted by molar-refractivity contribution is -0.135. The Labute approximate surface area is 147 Å². The number of carbonyl (C=O) groups is 1. The van der Waals surface area contributed by atoms with Crippen molar-refractivity contribution in [3.8, 4) is 0 Å². The molecule has 0 aromatic heterocycles. The van der Waals surface area contributed by atoms with Crippen LogP contribution in [0.2, 0.25) is 0 Å². The van der Waals surface area contributed by atoms with E-state index in [0.29, 0.717) is 13.1 Å². The van der Waals surface area contributed by atoms with E-state index in [-0.39, 0.29) is 11.9 Å². The van der Waals surface area contributed by atoms with Crippen LogP contribution in [0.1, 0.15) is 38.7 Å². The second-order valence-electron chi connectivity index (χ2n) is 7.21. The zero-order valence-electron chi connectivity index (χ0n) is 15.5. The average Bonchev–Trinajstić information content (AvgIpc) is 2.59. The molecule has 0 bridgehead atoms. The lowest BCUT2D eigenvalue weighted by atomic mass is 9.93. The van der Waals surface area contributed by atoms with E-state index in [1.54, 1.807) is 0 Å². The first-order valence-electron chi connectivity index (χ1n) is 9.30. The molecule has 134 valence electrons. The summed E-state index contributed by atoms with van der Waals surface area (Å²) >= 11 is 0. The molecule has 0 atom stereocenters. The van der Waals surface area contributed by atoms with Crippen molar-refractivity contribution in [3.63, 3.8) is 0 Å². The van der Waals surface area contributed by atoms with Crippen molar-refractivity contribution in [2.24, 2.45) is 5.92 Å². The number of amides is 1. The SMILES string of the molecule is CNCCC1CCN(CC(=O)N(Cc2ccccc2)C(C)C)CC1. The maximum Gasteiger partial charge on any atom is 0.237 e. The highest BCUT2D eigenvalue weighted by Gasteiger charge is 2.24. The van der Waals surface area contributed by atoms with Crippen molar-refractivity contribution in [1.29, 1.82) is 0 Å². The van der Waals surface area contributed by atoms with Crippen LogP contribution in [0, 0.1) is 5.92 Å². The summed E-state index contributed by atoms with van der Waals surface area (Å²) in [6.07, 6.45) is 3.69. The Balaban J connectivity index is 1.83. The molecule has 1 aliphatic rings. The Bertz CT molecular complexity index is 481. The largest absolute Gasteiger partial charge is 0.335 e. The Hall–Kier alpha value is -1.39. The molecule has 1 N–H and O–H groups in total. The summed E-state index contributed by atoms with van der Waals surface area (Å²) in [5.74, 6) is 1.07. The zero-order valence-corrected chi connectivity index (χ0v) is 15.5. The molecule has 1 fully saturated rings. The van der Waals surface area contributed by atoms with Gasteiger partial charge in [-0.1, -0.05) is 30.3 Å². The fraction of sp³-hybridized carbons (Fsp3) is 0.650. The molecule has 0 aliphatic carbocycles. The minimum absolute atomic E-state index is 0.228. The van der Waals surface area contributed by atoms with Crippen LogP contribution < -0.4 is 5.32 Å². The molecule has 4 nitrogen and oxygen atoms in total. The van der Waals surface area contributed by atoms with Gasteiger partial charge in [0, 0.05) is 12.6 Å². The average molecular weight is 332 g/mol. The predicted molar refractivity (Wildman–Crippen MR) is 99.8 cm³/mol. The van der Waals surface area contributed by atoms with E-state index in [2.05, 4.69) is 36.2 Å². The van der Waals surface area contributed by atoms with Crippen molar-refractivity contribution in [2.45, 2.75) is 45.7 Å². The smallest absolute Gasteiger partial charge is 0.237 e. The van der Waals surface area contributed by atoms with Crippen molar-refractivity contribution in [3.05, 3.63) is 35.9 Å². The molecule has 1 aliphatic heterocycles. The van der Waals surface area contributed by atoms with E-state index in [1.807, 2.05) is 30.1 Å². The van der Waals surface area contributed by atoms with Crippen LogP contribution in [0.15, 0.2) is 30.3 Å². The first-order chi connectivity index (χ1) is 11.6. The fourth-order valence-electron chi connectivity index (χ4n) is 3.40. The fourth-order valence-corrected chi connectivity index (χ4v) is 3.40. The van der Waals surface area contributed by atoms with Gasteiger partial charge in [-0.15, -0.1) is 0 Å². The van der Waals surface area contributed by atoms with Crippen LogP contribution in [0.5, 0.6) is 0 Å². The summed E-state index contributed by atoms with van der Waals surface area (Å²) in [4.78, 5) is 17.1. The molecule has 0 spiro atoms. The van der Waals surface area contributed by atoms with Gasteiger partial charge in [0.1, 0.15) is 0 Å². The number of carbonyl (C=O) groups excluding carboxylic acids is 1. The normalized spacial score (nSPS) is 16.5. The summed E-state index contributed by atoms with van der Waals surface area (Å²) in [7, 11) is 2.01. The Morgan fingerprint density at radius 3 is 2.50 bits per heavy atom. The maximum atomic E-state index is 12.8. The Morgan fingerprint density at radius 2 is 1.92 bits per heavy atom. The van der Waals surface area contributed by atoms with Crippen LogP contribution in [-0.4, -0.2) is 55.0 Å². The molecule has 2 rings (SSSR count). The maximum absolute atomic E-state index is 12.8. The number of hydrogen-bond donors (Lipinski definition) is 1. The van der Waals surface area contributed by atoms with E-state index in [4.69, 9.17) is 0 Å². The van der Waals surface area contributed by atoms with E-state index < -0.39 is 0 Å². The number of rotatable bonds is 8. The van der Waals surface area contributed by atoms with Gasteiger partial charge in [-0.2, -0.15) is 0 Å². The lowest BCUT2D eigenvalue weighted by Crippen LogP contribution is -2.45. The van der Waals surface area contributed by atoms with E-state index in [9.17, 15) is 4.79 Å². The standard InChI is InChI=1S/C20H33N3O/c1-17(2)23(15-19-7-5-4-6-8-19)20(24)16-22-13-10-18(11-14-22)9-12-21-3/h4-8,17-18,21H,9-16H2,1-3H3. The number of piperidine rings is 1. The quantitative estimate of drug-likeness (QED) is 0.795. The lowest BCUT2D eigenvalue weighted by Gasteiger charge is -2.34. The van der Waals surface area contributed by atoms with E-state index in [1.165, 1.54) is 24.8 Å². The van der Waals surface area contributed by atoms with Crippen molar-refractivity contribution in [2.75, 3.05) is 33.2 Å². The number of nitrogens with zero attached hydrogens (tertiary/aromatic N) is 2. The third-order valence-corrected chi connectivity index (χ3v) is 5.01. The number of nitrogens with one attached hydrogen (secondary N) is 1. The second-order valence-corrected chi connectivity index (χ2v) is 7.21. The molecule has 24 heavy (non-hydrogen) atoms. The topological polar surface area (TPSA) is 35.6 Å². The molecule has 4 heteroatoms. The highest BCUT2D eigenvalue weighted by Crippen LogP contribution is 2.20. The summed E-state index contributed by atoms with van der Waals surface area (Å²) < 4.78 is 0. The van der Waals surface area contributed by atoms with E-state index in [0.717, 1.165) is 25.6 Å². The third kappa shape index (κ3) is 5.91. The molecule has 1 aromatic carbocycles. The highest BCUT2D eigenvalue weighted by atomic mass is 16.2. The molecule has 0 unspecified atom stereocenters. The van der Waals surface area contributed by atoms with Gasteiger partial charge in [-0.25, -0.2) is 0 Å². The summed E-state index contributed by atoms with van der Waals surface area (Å²) in [5, 5.41) is 3.23. The van der Waals surface area contributed by atoms with Crippen LogP contribution >= 0.6 is 0 Å². The monoisotopic (exact) mass is 331 g/mol. The minimum Gasteiger partial charge on any atom is -0.335 e. The van der Waals surface area contributed by atoms with Crippen LogP contribution in [-0.2, 0) is 11.3 Å².